The van der Waals surface area contributed by atoms with Crippen molar-refractivity contribution in [3.8, 4) is 0 Å². The lowest BCUT2D eigenvalue weighted by Crippen LogP contribution is -2.29. The largest absolute Gasteiger partial charge is 0.327 e. The molecule has 1 atom stereocenters. The van der Waals surface area contributed by atoms with Crippen LogP contribution in [0.1, 0.15) is 36.6 Å². The van der Waals surface area contributed by atoms with Crippen LogP contribution in [-0.2, 0) is 18.3 Å². The van der Waals surface area contributed by atoms with Crippen molar-refractivity contribution in [1.82, 2.24) is 20.1 Å². The minimum absolute atomic E-state index is 0.129. The maximum Gasteiger partial charge on any atom is 0.228 e. The fourth-order valence-electron chi connectivity index (χ4n) is 3.17. The average Bonchev–Trinajstić information content (AvgIpc) is 2.97. The molecule has 134 valence electrons. The average molecular weight is 342 g/mol. The second-order valence-electron chi connectivity index (χ2n) is 6.64. The van der Waals surface area contributed by atoms with Crippen molar-refractivity contribution in [3.63, 3.8) is 0 Å². The Morgan fingerprint density at radius 3 is 2.80 bits per heavy atom. The Morgan fingerprint density at radius 2 is 2.08 bits per heavy atom. The number of nitrogens with two attached hydrogens (primary N) is 1. The maximum atomic E-state index is 12.3. The van der Waals surface area contributed by atoms with Gasteiger partial charge in [0, 0.05) is 25.4 Å². The van der Waals surface area contributed by atoms with Crippen molar-refractivity contribution < 1.29 is 4.79 Å². The van der Waals surface area contributed by atoms with Crippen LogP contribution in [0.3, 0.4) is 0 Å². The van der Waals surface area contributed by atoms with E-state index in [1.807, 2.05) is 30.3 Å². The summed E-state index contributed by atoms with van der Waals surface area (Å²) in [6.07, 6.45) is 2.98. The standard InChI is InChI=1S/C18H26N6O/c1-24-18(22-17(23-24)14-7-9-20-10-8-14)21-16(25)12-15(19)11-13-5-3-2-4-6-13/h2-6,14-15,20H,7-12,19H2,1H3,(H,21,22,23,25)/t15-/m1/s1. The molecule has 0 unspecified atom stereocenters. The van der Waals surface area contributed by atoms with Crippen molar-refractivity contribution in [2.45, 2.75) is 37.6 Å². The molecular formula is C18H26N6O. The van der Waals surface area contributed by atoms with E-state index in [1.54, 1.807) is 11.7 Å². The Bertz CT molecular complexity index is 693. The van der Waals surface area contributed by atoms with Crippen molar-refractivity contribution in [1.29, 1.82) is 0 Å². The third-order valence-corrected chi connectivity index (χ3v) is 4.52. The van der Waals surface area contributed by atoms with Crippen LogP contribution in [0, 0.1) is 0 Å². The highest BCUT2D eigenvalue weighted by atomic mass is 16.1. The number of rotatable bonds is 6. The highest BCUT2D eigenvalue weighted by Crippen LogP contribution is 2.23. The number of carbonyl (C=O) groups is 1. The zero-order valence-electron chi connectivity index (χ0n) is 14.6. The number of carbonyl (C=O) groups excluding carboxylic acids is 1. The molecule has 1 aliphatic rings. The monoisotopic (exact) mass is 342 g/mol. The van der Waals surface area contributed by atoms with E-state index in [-0.39, 0.29) is 18.4 Å². The van der Waals surface area contributed by atoms with Gasteiger partial charge in [-0.1, -0.05) is 30.3 Å². The first-order chi connectivity index (χ1) is 12.1. The molecule has 3 rings (SSSR count). The molecule has 1 aromatic carbocycles. The molecule has 1 aliphatic heterocycles. The summed E-state index contributed by atoms with van der Waals surface area (Å²) in [5.74, 6) is 1.53. The molecule has 4 N–H and O–H groups in total. The number of hydrogen-bond acceptors (Lipinski definition) is 5. The lowest BCUT2D eigenvalue weighted by molar-refractivity contribution is -0.116. The van der Waals surface area contributed by atoms with E-state index >= 15 is 0 Å². The molecule has 25 heavy (non-hydrogen) atoms. The molecule has 7 heteroatoms. The molecule has 7 nitrogen and oxygen atoms in total. The quantitative estimate of drug-likeness (QED) is 0.732. The number of piperidine rings is 1. The molecule has 1 amide bonds. The normalized spacial score (nSPS) is 16.6. The van der Waals surface area contributed by atoms with Gasteiger partial charge in [0.2, 0.25) is 11.9 Å². The van der Waals surface area contributed by atoms with Crippen molar-refractivity contribution >= 4 is 11.9 Å². The van der Waals surface area contributed by atoms with Gasteiger partial charge >= 0.3 is 0 Å². The van der Waals surface area contributed by atoms with Gasteiger partial charge in [-0.25, -0.2) is 4.68 Å². The number of hydrogen-bond donors (Lipinski definition) is 3. The third kappa shape index (κ3) is 4.87. The smallest absolute Gasteiger partial charge is 0.228 e. The number of aromatic nitrogens is 3. The summed E-state index contributed by atoms with van der Waals surface area (Å²) >= 11 is 0. The van der Waals surface area contributed by atoms with Crippen LogP contribution in [0.25, 0.3) is 0 Å². The number of benzene rings is 1. The van der Waals surface area contributed by atoms with E-state index in [2.05, 4.69) is 20.7 Å². The fraction of sp³-hybridized carbons (Fsp3) is 0.500. The summed E-state index contributed by atoms with van der Waals surface area (Å²) < 4.78 is 1.64. The first-order valence-electron chi connectivity index (χ1n) is 8.83. The van der Waals surface area contributed by atoms with Gasteiger partial charge in [0.15, 0.2) is 5.82 Å². The minimum Gasteiger partial charge on any atom is -0.327 e. The molecule has 0 spiro atoms. The third-order valence-electron chi connectivity index (χ3n) is 4.52. The number of amides is 1. The van der Waals surface area contributed by atoms with Crippen molar-refractivity contribution in [2.75, 3.05) is 18.4 Å². The molecule has 0 saturated carbocycles. The molecule has 0 bridgehead atoms. The molecule has 1 saturated heterocycles. The van der Waals surface area contributed by atoms with Crippen LogP contribution in [0.2, 0.25) is 0 Å². The van der Waals surface area contributed by atoms with Crippen LogP contribution in [0.4, 0.5) is 5.95 Å². The molecule has 2 aromatic rings. The van der Waals surface area contributed by atoms with Crippen LogP contribution in [-0.4, -0.2) is 39.8 Å². The van der Waals surface area contributed by atoms with Crippen molar-refractivity contribution in [3.05, 3.63) is 41.7 Å². The second kappa shape index (κ2) is 8.22. The van der Waals surface area contributed by atoms with E-state index in [0.29, 0.717) is 18.3 Å². The summed E-state index contributed by atoms with van der Waals surface area (Å²) in [7, 11) is 1.80. The van der Waals surface area contributed by atoms with E-state index in [9.17, 15) is 4.79 Å². The van der Waals surface area contributed by atoms with Gasteiger partial charge in [0.25, 0.3) is 0 Å². The summed E-state index contributed by atoms with van der Waals surface area (Å²) in [6.45, 7) is 1.97. The highest BCUT2D eigenvalue weighted by Gasteiger charge is 2.21. The molecule has 0 radical (unpaired) electrons. The van der Waals surface area contributed by atoms with E-state index in [1.165, 1.54) is 0 Å². The first kappa shape index (κ1) is 17.6. The maximum absolute atomic E-state index is 12.3. The molecule has 1 fully saturated rings. The van der Waals surface area contributed by atoms with Gasteiger partial charge in [-0.15, -0.1) is 0 Å². The summed E-state index contributed by atoms with van der Waals surface area (Å²) in [5, 5.41) is 10.6. The summed E-state index contributed by atoms with van der Waals surface area (Å²) in [6, 6.07) is 9.74. The predicted molar refractivity (Wildman–Crippen MR) is 97.2 cm³/mol. The van der Waals surface area contributed by atoms with Crippen molar-refractivity contribution in [2.24, 2.45) is 12.8 Å². The zero-order valence-corrected chi connectivity index (χ0v) is 14.6. The Hall–Kier alpha value is -2.25. The van der Waals surface area contributed by atoms with Gasteiger partial charge in [-0.05, 0) is 37.9 Å². The van der Waals surface area contributed by atoms with Crippen LogP contribution >= 0.6 is 0 Å². The van der Waals surface area contributed by atoms with Gasteiger partial charge < -0.3 is 11.1 Å². The predicted octanol–water partition coefficient (Wildman–Crippen LogP) is 1.18. The highest BCUT2D eigenvalue weighted by molar-refractivity contribution is 5.89. The molecular weight excluding hydrogens is 316 g/mol. The van der Waals surface area contributed by atoms with E-state index in [4.69, 9.17) is 5.73 Å². The zero-order chi connectivity index (χ0) is 17.6. The first-order valence-corrected chi connectivity index (χ1v) is 8.83. The Labute approximate surface area is 148 Å². The fourth-order valence-corrected chi connectivity index (χ4v) is 3.17. The minimum atomic E-state index is -0.223. The lowest BCUT2D eigenvalue weighted by Gasteiger charge is -2.19. The SMILES string of the molecule is Cn1nc(C2CCNCC2)nc1NC(=O)C[C@H](N)Cc1ccccc1. The van der Waals surface area contributed by atoms with Gasteiger partial charge in [-0.2, -0.15) is 10.1 Å². The van der Waals surface area contributed by atoms with Crippen LogP contribution in [0.5, 0.6) is 0 Å². The number of nitrogens with zero attached hydrogens (tertiary/aromatic N) is 3. The number of aryl methyl sites for hydroxylation is 1. The Kier molecular flexibility index (Phi) is 5.78. The van der Waals surface area contributed by atoms with E-state index < -0.39 is 0 Å². The molecule has 1 aromatic heterocycles. The van der Waals surface area contributed by atoms with Crippen LogP contribution < -0.4 is 16.4 Å². The van der Waals surface area contributed by atoms with Gasteiger partial charge in [0.1, 0.15) is 0 Å². The molecule has 2 heterocycles. The van der Waals surface area contributed by atoms with Gasteiger partial charge in [-0.3, -0.25) is 10.1 Å². The van der Waals surface area contributed by atoms with Crippen LogP contribution in [0.15, 0.2) is 30.3 Å². The summed E-state index contributed by atoms with van der Waals surface area (Å²) in [5.41, 5.74) is 7.24. The topological polar surface area (TPSA) is 97.9 Å². The molecule has 0 aliphatic carbocycles. The lowest BCUT2D eigenvalue weighted by atomic mass is 9.98. The van der Waals surface area contributed by atoms with E-state index in [0.717, 1.165) is 37.3 Å². The second-order valence-corrected chi connectivity index (χ2v) is 6.64. The number of anilines is 1. The Morgan fingerprint density at radius 1 is 1.36 bits per heavy atom. The van der Waals surface area contributed by atoms with Gasteiger partial charge in [0.05, 0.1) is 0 Å². The Balaban J connectivity index is 1.54. The summed E-state index contributed by atoms with van der Waals surface area (Å²) in [4.78, 5) is 16.8. The number of nitrogens with one attached hydrogen (secondary N) is 2.